The number of aliphatic hydroxyl groups excluding tert-OH is 11. The molecule has 3 fully saturated rings. The van der Waals surface area contributed by atoms with Gasteiger partial charge in [0.15, 0.2) is 18.9 Å². The highest BCUT2D eigenvalue weighted by Crippen LogP contribution is 2.33. The third-order valence-corrected chi connectivity index (χ3v) is 13.3. The number of hydrogen-bond donors (Lipinski definition) is 12. The lowest BCUT2D eigenvalue weighted by Crippen LogP contribution is -2.66. The lowest BCUT2D eigenvalue weighted by atomic mass is 9.96. The largest absolute Gasteiger partial charge is 0.394 e. The average molecular weight is 1110 g/mol. The molecule has 19 heteroatoms. The van der Waals surface area contributed by atoms with Gasteiger partial charge in [0, 0.05) is 6.42 Å². The van der Waals surface area contributed by atoms with Crippen LogP contribution in [0.1, 0.15) is 123 Å². The number of nitrogens with one attached hydrogen (secondary N) is 1. The minimum Gasteiger partial charge on any atom is -0.394 e. The Hall–Kier alpha value is -3.55. The molecule has 12 N–H and O–H groups in total. The maximum absolute atomic E-state index is 13.3. The summed E-state index contributed by atoms with van der Waals surface area (Å²) in [5.74, 6) is -0.324. The first-order valence-corrected chi connectivity index (χ1v) is 28.1. The van der Waals surface area contributed by atoms with Crippen LogP contribution in [0.15, 0.2) is 109 Å². The van der Waals surface area contributed by atoms with Gasteiger partial charge in [0.1, 0.15) is 73.2 Å². The van der Waals surface area contributed by atoms with Gasteiger partial charge in [0.05, 0.1) is 38.6 Å². The summed E-state index contributed by atoms with van der Waals surface area (Å²) in [6, 6.07) is -1.02. The molecule has 3 aliphatic rings. The van der Waals surface area contributed by atoms with E-state index in [4.69, 9.17) is 28.4 Å². The zero-order valence-electron chi connectivity index (χ0n) is 45.8. The lowest BCUT2D eigenvalue weighted by Gasteiger charge is -2.48. The van der Waals surface area contributed by atoms with Gasteiger partial charge in [-0.25, -0.2) is 0 Å². The van der Waals surface area contributed by atoms with Crippen molar-refractivity contribution < 1.29 is 89.4 Å². The van der Waals surface area contributed by atoms with E-state index in [0.29, 0.717) is 12.8 Å². The van der Waals surface area contributed by atoms with Gasteiger partial charge >= 0.3 is 0 Å². The number of allylic oxidation sites excluding steroid dienone is 17. The van der Waals surface area contributed by atoms with Gasteiger partial charge in [-0.05, 0) is 89.9 Å². The summed E-state index contributed by atoms with van der Waals surface area (Å²) in [5.41, 5.74) is 0. The summed E-state index contributed by atoms with van der Waals surface area (Å²) >= 11 is 0. The van der Waals surface area contributed by atoms with E-state index in [1.54, 1.807) is 12.2 Å². The first-order valence-electron chi connectivity index (χ1n) is 28.1. The standard InChI is InChI=1S/C59H95NO18/c1-3-5-7-9-11-13-15-16-17-18-19-20-21-22-23-24-25-26-27-29-31-33-35-37-47(65)60-42(43(64)36-34-32-30-28-14-12-10-8-6-4-2)41-73-57-53(71)50(68)55(45(39-62)75-57)78-59-54(72)51(69)56(46(40-63)76-59)77-58-52(70)49(67)48(66)44(38-61)74-58/h5-8,11,13-14,16-17,19-20,22-23,25-26,28,34,36,42-46,48-59,61-64,66-72H,3-4,9-10,12,15,18,21,24,27,29-33,35,37-41H2,1-2H3,(H,60,65)/b7-5-,8-6+,13-11-,17-16-,20-19-,23-22-,26-25-,28-14+,36-34+. The van der Waals surface area contributed by atoms with Crippen molar-refractivity contribution in [3.05, 3.63) is 109 Å². The van der Waals surface area contributed by atoms with Crippen molar-refractivity contribution in [2.75, 3.05) is 26.4 Å². The molecule has 0 aromatic heterocycles. The van der Waals surface area contributed by atoms with E-state index >= 15 is 0 Å². The molecule has 19 nitrogen and oxygen atoms in total. The molecule has 3 heterocycles. The van der Waals surface area contributed by atoms with Crippen molar-refractivity contribution in [2.45, 2.75) is 227 Å². The molecule has 3 saturated heterocycles. The van der Waals surface area contributed by atoms with Crippen LogP contribution in [0.4, 0.5) is 0 Å². The fraction of sp³-hybridized carbons (Fsp3) is 0.678. The molecule has 0 saturated carbocycles. The van der Waals surface area contributed by atoms with Crippen LogP contribution in [0.2, 0.25) is 0 Å². The molecule has 1 amide bonds. The van der Waals surface area contributed by atoms with Crippen molar-refractivity contribution in [1.29, 1.82) is 0 Å². The highest BCUT2D eigenvalue weighted by Gasteiger charge is 2.53. The molecule has 0 aliphatic carbocycles. The molecule has 0 spiro atoms. The molecule has 0 aromatic carbocycles. The van der Waals surface area contributed by atoms with Crippen LogP contribution in [0.5, 0.6) is 0 Å². The van der Waals surface area contributed by atoms with Crippen LogP contribution in [0.25, 0.3) is 0 Å². The van der Waals surface area contributed by atoms with Crippen molar-refractivity contribution in [1.82, 2.24) is 5.32 Å². The highest BCUT2D eigenvalue weighted by atomic mass is 16.8. The fourth-order valence-electron chi connectivity index (χ4n) is 8.70. The molecule has 17 atom stereocenters. The van der Waals surface area contributed by atoms with Crippen molar-refractivity contribution >= 4 is 5.91 Å². The van der Waals surface area contributed by atoms with Crippen LogP contribution in [-0.4, -0.2) is 193 Å². The second-order valence-corrected chi connectivity index (χ2v) is 19.6. The van der Waals surface area contributed by atoms with Crippen molar-refractivity contribution in [3.8, 4) is 0 Å². The number of carbonyl (C=O) groups is 1. The highest BCUT2D eigenvalue weighted by molar-refractivity contribution is 5.76. The predicted molar refractivity (Wildman–Crippen MR) is 295 cm³/mol. The summed E-state index contributed by atoms with van der Waals surface area (Å²) in [5, 5.41) is 120. The summed E-state index contributed by atoms with van der Waals surface area (Å²) in [7, 11) is 0. The number of aliphatic hydroxyl groups is 11. The third-order valence-electron chi connectivity index (χ3n) is 13.3. The van der Waals surface area contributed by atoms with Crippen molar-refractivity contribution in [3.63, 3.8) is 0 Å². The Morgan fingerprint density at radius 2 is 0.859 bits per heavy atom. The Labute approximate surface area is 462 Å². The fourth-order valence-corrected chi connectivity index (χ4v) is 8.70. The maximum Gasteiger partial charge on any atom is 0.220 e. The zero-order chi connectivity index (χ0) is 56.9. The van der Waals surface area contributed by atoms with Crippen LogP contribution < -0.4 is 5.32 Å². The molecule has 0 aromatic rings. The molecule has 0 radical (unpaired) electrons. The number of carbonyl (C=O) groups excluding carboxylic acids is 1. The Morgan fingerprint density at radius 3 is 1.37 bits per heavy atom. The van der Waals surface area contributed by atoms with Crippen LogP contribution >= 0.6 is 0 Å². The second kappa shape index (κ2) is 41.4. The molecular weight excluding hydrogens is 1010 g/mol. The number of rotatable bonds is 38. The van der Waals surface area contributed by atoms with Gasteiger partial charge in [-0.3, -0.25) is 4.79 Å². The van der Waals surface area contributed by atoms with Gasteiger partial charge in [-0.1, -0.05) is 136 Å². The first kappa shape index (κ1) is 68.7. The molecular formula is C59H95NO18. The van der Waals surface area contributed by atoms with E-state index in [9.17, 15) is 61.0 Å². The van der Waals surface area contributed by atoms with Gasteiger partial charge in [0.25, 0.3) is 0 Å². The van der Waals surface area contributed by atoms with Gasteiger partial charge in [-0.2, -0.15) is 0 Å². The normalized spacial score (nSPS) is 31.3. The van der Waals surface area contributed by atoms with E-state index < -0.39 is 131 Å². The van der Waals surface area contributed by atoms with Crippen LogP contribution in [-0.2, 0) is 33.2 Å². The number of unbranched alkanes of at least 4 members (excludes halogenated alkanes) is 6. The van der Waals surface area contributed by atoms with Crippen LogP contribution in [0, 0.1) is 0 Å². The minimum atomic E-state index is -1.99. The van der Waals surface area contributed by atoms with Gasteiger partial charge < -0.3 is 89.9 Å². The Balaban J connectivity index is 1.50. The summed E-state index contributed by atoms with van der Waals surface area (Å²) in [6.07, 6.45) is 25.3. The predicted octanol–water partition coefficient (Wildman–Crippen LogP) is 3.97. The smallest absolute Gasteiger partial charge is 0.220 e. The van der Waals surface area contributed by atoms with E-state index in [-0.39, 0.29) is 12.3 Å². The zero-order valence-corrected chi connectivity index (χ0v) is 45.8. The summed E-state index contributed by atoms with van der Waals surface area (Å²) < 4.78 is 34.1. The SMILES string of the molecule is CC/C=C\C/C=C\C/C=C\C/C=C\C/C=C\C/C=C\CCCCCCC(=O)NC(COC1OC(CO)C(OC2OC(CO)C(OC3OC(CO)C(O)C(O)C3O)C(O)C2O)C(O)C1O)C(O)/C=C/CC/C=C/CC/C=C/CC. The third kappa shape index (κ3) is 25.5. The number of hydrogen-bond acceptors (Lipinski definition) is 18. The van der Waals surface area contributed by atoms with Gasteiger partial charge in [-0.15, -0.1) is 0 Å². The molecule has 17 unspecified atom stereocenters. The molecule has 444 valence electrons. The Bertz CT molecular complexity index is 1850. The first-order chi connectivity index (χ1) is 37.8. The quantitative estimate of drug-likeness (QED) is 0.0307. The molecule has 0 bridgehead atoms. The second-order valence-electron chi connectivity index (χ2n) is 19.6. The van der Waals surface area contributed by atoms with Crippen molar-refractivity contribution in [2.24, 2.45) is 0 Å². The molecule has 78 heavy (non-hydrogen) atoms. The summed E-state index contributed by atoms with van der Waals surface area (Å²) in [6.45, 7) is 1.38. The van der Waals surface area contributed by atoms with E-state index in [0.717, 1.165) is 89.9 Å². The summed E-state index contributed by atoms with van der Waals surface area (Å²) in [4.78, 5) is 13.3. The van der Waals surface area contributed by atoms with Crippen LogP contribution in [0.3, 0.4) is 0 Å². The topological polar surface area (TPSA) is 307 Å². The van der Waals surface area contributed by atoms with E-state index in [1.165, 1.54) is 0 Å². The Kier molecular flexibility index (Phi) is 36.5. The van der Waals surface area contributed by atoms with E-state index in [2.05, 4.69) is 116 Å². The average Bonchev–Trinajstić information content (AvgIpc) is 3.49. The minimum absolute atomic E-state index is 0.194. The maximum atomic E-state index is 13.3. The lowest BCUT2D eigenvalue weighted by molar-refractivity contribution is -0.379. The number of amides is 1. The molecule has 3 aliphatic heterocycles. The molecule has 3 rings (SSSR count). The van der Waals surface area contributed by atoms with E-state index in [1.807, 2.05) is 0 Å². The Morgan fingerprint density at radius 1 is 0.462 bits per heavy atom. The van der Waals surface area contributed by atoms with Gasteiger partial charge in [0.2, 0.25) is 5.91 Å². The number of ether oxygens (including phenoxy) is 6. The monoisotopic (exact) mass is 1110 g/mol.